The van der Waals surface area contributed by atoms with Gasteiger partial charge in [0.2, 0.25) is 0 Å². The maximum atomic E-state index is 13.5. The second kappa shape index (κ2) is 13.1. The number of aromatic nitrogens is 1. The zero-order chi connectivity index (χ0) is 28.9. The molecule has 1 aliphatic heterocycles. The van der Waals surface area contributed by atoms with E-state index < -0.39 is 10.0 Å². The molecule has 0 unspecified atom stereocenters. The molecule has 0 saturated carbocycles. The van der Waals surface area contributed by atoms with Gasteiger partial charge in [-0.1, -0.05) is 23.7 Å². The van der Waals surface area contributed by atoms with Crippen molar-refractivity contribution in [2.24, 2.45) is 0 Å². The van der Waals surface area contributed by atoms with E-state index in [4.69, 9.17) is 21.1 Å². The van der Waals surface area contributed by atoms with Gasteiger partial charge < -0.3 is 24.2 Å². The number of hydrogen-bond donors (Lipinski definition) is 0. The third-order valence-electron chi connectivity index (χ3n) is 6.62. The van der Waals surface area contributed by atoms with E-state index in [1.807, 2.05) is 53.7 Å². The Kier molecular flexibility index (Phi) is 9.86. The van der Waals surface area contributed by atoms with E-state index in [9.17, 15) is 9.59 Å². The highest BCUT2D eigenvalue weighted by atomic mass is 35.5. The van der Waals surface area contributed by atoms with Crippen LogP contribution in [0.5, 0.6) is 5.75 Å². The zero-order valence-electron chi connectivity index (χ0n) is 23.6. The van der Waals surface area contributed by atoms with Crippen LogP contribution in [0.15, 0.2) is 54.0 Å². The van der Waals surface area contributed by atoms with Crippen LogP contribution in [0.25, 0.3) is 0 Å². The molecular formula is C29H37ClN4O4S2. The zero-order valence-corrected chi connectivity index (χ0v) is 26.0. The second-order valence-electron chi connectivity index (χ2n) is 10.6. The molecule has 2 aromatic heterocycles. The summed E-state index contributed by atoms with van der Waals surface area (Å²) in [6, 6.07) is 13.3. The van der Waals surface area contributed by atoms with E-state index in [1.165, 1.54) is 6.20 Å². The number of halogens is 1. The first-order valence-corrected chi connectivity index (χ1v) is 17.3. The Morgan fingerprint density at radius 3 is 2.73 bits per heavy atom. The van der Waals surface area contributed by atoms with Crippen molar-refractivity contribution in [3.63, 3.8) is 0 Å². The topological polar surface area (TPSA) is 75.2 Å². The Bertz CT molecular complexity index is 1320. The summed E-state index contributed by atoms with van der Waals surface area (Å²) in [7, 11) is 2.97. The summed E-state index contributed by atoms with van der Waals surface area (Å²) >= 11 is 7.71. The molecule has 4 rings (SSSR count). The van der Waals surface area contributed by atoms with E-state index in [0.29, 0.717) is 49.1 Å². The standard InChI is InChI=1S/C29H37ClN4O4S2/c1-32-13-14-34(28(35)23-20-31-27(30)19-24(23)32)21-8-6-9-22(18-21)38-25(26-10-7-16-39-26)11-12-33(2)29(36)37-15-17-40(3,4)5/h6-10,16,18-20,25H,11-15,17H2,1-5H3/t25-/m0/s1. The number of hydrogen-bond acceptors (Lipinski definition) is 7. The highest BCUT2D eigenvalue weighted by Crippen LogP contribution is 2.34. The van der Waals surface area contributed by atoms with E-state index in [0.717, 1.165) is 22.0 Å². The highest BCUT2D eigenvalue weighted by molar-refractivity contribution is 8.32. The normalized spacial score (nSPS) is 14.8. The van der Waals surface area contributed by atoms with Crippen LogP contribution >= 0.6 is 33.0 Å². The van der Waals surface area contributed by atoms with Gasteiger partial charge in [0.05, 0.1) is 11.3 Å². The first-order chi connectivity index (χ1) is 19.0. The molecule has 1 aliphatic rings. The lowest BCUT2D eigenvalue weighted by Crippen LogP contribution is -2.33. The average Bonchev–Trinajstić information content (AvgIpc) is 3.41. The number of carbonyl (C=O) groups excluding carboxylic acids is 2. The largest absolute Gasteiger partial charge is 0.485 e. The van der Waals surface area contributed by atoms with Crippen LogP contribution in [0.3, 0.4) is 0 Å². The molecule has 2 amide bonds. The monoisotopic (exact) mass is 604 g/mol. The number of ether oxygens (including phenoxy) is 2. The van der Waals surface area contributed by atoms with Crippen molar-refractivity contribution in [1.82, 2.24) is 9.88 Å². The van der Waals surface area contributed by atoms with Gasteiger partial charge in [-0.15, -0.1) is 11.3 Å². The van der Waals surface area contributed by atoms with Gasteiger partial charge in [-0.3, -0.25) is 4.79 Å². The summed E-state index contributed by atoms with van der Waals surface area (Å²) < 4.78 is 12.0. The number of likely N-dealkylation sites (N-methyl/N-ethyl adjacent to an activating group) is 1. The molecule has 3 heterocycles. The number of rotatable bonds is 10. The van der Waals surface area contributed by atoms with Gasteiger partial charge in [-0.05, 0) is 48.4 Å². The molecule has 1 aromatic carbocycles. The van der Waals surface area contributed by atoms with Crippen LogP contribution < -0.4 is 14.5 Å². The van der Waals surface area contributed by atoms with Crippen LogP contribution in [0.1, 0.15) is 27.8 Å². The quantitative estimate of drug-likeness (QED) is 0.258. The van der Waals surface area contributed by atoms with Crippen molar-refractivity contribution in [1.29, 1.82) is 0 Å². The minimum atomic E-state index is -0.722. The number of carbonyl (C=O) groups is 2. The molecule has 1 atom stereocenters. The van der Waals surface area contributed by atoms with E-state index in [2.05, 4.69) is 23.8 Å². The van der Waals surface area contributed by atoms with E-state index in [1.54, 1.807) is 34.3 Å². The van der Waals surface area contributed by atoms with Crippen molar-refractivity contribution in [2.45, 2.75) is 12.5 Å². The van der Waals surface area contributed by atoms with Gasteiger partial charge in [0, 0.05) is 68.7 Å². The molecule has 0 N–H and O–H groups in total. The number of anilines is 2. The van der Waals surface area contributed by atoms with Gasteiger partial charge in [0.15, 0.2) is 0 Å². The fraction of sp³-hybridized carbons (Fsp3) is 0.414. The van der Waals surface area contributed by atoms with Crippen molar-refractivity contribution < 1.29 is 19.1 Å². The molecular weight excluding hydrogens is 568 g/mol. The molecule has 0 fully saturated rings. The van der Waals surface area contributed by atoms with Crippen LogP contribution in [-0.4, -0.2) is 86.7 Å². The summed E-state index contributed by atoms with van der Waals surface area (Å²) in [6.45, 7) is 2.05. The molecule has 0 spiro atoms. The number of nitrogens with zero attached hydrogens (tertiary/aromatic N) is 4. The van der Waals surface area contributed by atoms with Gasteiger partial charge in [-0.2, -0.15) is 0 Å². The lowest BCUT2D eigenvalue weighted by molar-refractivity contribution is 0.0989. The Labute approximate surface area is 247 Å². The molecule has 40 heavy (non-hydrogen) atoms. The summed E-state index contributed by atoms with van der Waals surface area (Å²) in [6.07, 6.45) is 8.16. The number of pyridine rings is 1. The molecule has 0 aliphatic carbocycles. The van der Waals surface area contributed by atoms with Gasteiger partial charge in [-0.25, -0.2) is 19.8 Å². The third kappa shape index (κ3) is 7.83. The van der Waals surface area contributed by atoms with Crippen LogP contribution in [0.2, 0.25) is 5.15 Å². The van der Waals surface area contributed by atoms with Gasteiger partial charge >= 0.3 is 6.09 Å². The first-order valence-electron chi connectivity index (χ1n) is 13.0. The maximum absolute atomic E-state index is 13.5. The predicted octanol–water partition coefficient (Wildman–Crippen LogP) is 6.17. The number of benzene rings is 1. The van der Waals surface area contributed by atoms with Crippen molar-refractivity contribution >= 4 is 56.3 Å². The minimum absolute atomic E-state index is 0.135. The maximum Gasteiger partial charge on any atom is 0.409 e. The molecule has 8 nitrogen and oxygen atoms in total. The molecule has 0 saturated heterocycles. The average molecular weight is 605 g/mol. The summed E-state index contributed by atoms with van der Waals surface area (Å²) in [5, 5.41) is 2.37. The summed E-state index contributed by atoms with van der Waals surface area (Å²) in [5.74, 6) is 1.40. The third-order valence-corrected chi connectivity index (χ3v) is 9.18. The predicted molar refractivity (Wildman–Crippen MR) is 167 cm³/mol. The van der Waals surface area contributed by atoms with E-state index >= 15 is 0 Å². The first kappa shape index (κ1) is 30.0. The number of thiophene rings is 1. The molecule has 0 radical (unpaired) electrons. The number of amides is 2. The Balaban J connectivity index is 1.46. The Morgan fingerprint density at radius 1 is 1.20 bits per heavy atom. The highest BCUT2D eigenvalue weighted by Gasteiger charge is 2.27. The van der Waals surface area contributed by atoms with Crippen LogP contribution in [-0.2, 0) is 4.74 Å². The lowest BCUT2D eigenvalue weighted by Gasteiger charge is -2.26. The van der Waals surface area contributed by atoms with Crippen LogP contribution in [0, 0.1) is 0 Å². The van der Waals surface area contributed by atoms with Crippen LogP contribution in [0.4, 0.5) is 16.2 Å². The fourth-order valence-corrected chi connectivity index (χ4v) is 5.80. The second-order valence-corrected chi connectivity index (χ2v) is 16.6. The Morgan fingerprint density at radius 2 is 2.00 bits per heavy atom. The molecule has 11 heteroatoms. The molecule has 3 aromatic rings. The molecule has 0 bridgehead atoms. The Hall–Kier alpha value is -2.95. The van der Waals surface area contributed by atoms with Gasteiger partial charge in [0.25, 0.3) is 5.91 Å². The summed E-state index contributed by atoms with van der Waals surface area (Å²) in [5.41, 5.74) is 2.01. The molecule has 216 valence electrons. The lowest BCUT2D eigenvalue weighted by atomic mass is 10.2. The minimum Gasteiger partial charge on any atom is -0.485 e. The smallest absolute Gasteiger partial charge is 0.409 e. The fourth-order valence-electron chi connectivity index (χ4n) is 4.28. The van der Waals surface area contributed by atoms with Gasteiger partial charge in [0.1, 0.15) is 23.6 Å². The SMILES string of the molecule is CN(CC[C@H](Oc1cccc(N2CCN(C)c3cc(Cl)ncc3C2=O)c1)c1cccs1)C(=O)OCCS(C)(C)C. The summed E-state index contributed by atoms with van der Waals surface area (Å²) in [4.78, 5) is 36.6. The van der Waals surface area contributed by atoms with Crippen molar-refractivity contribution in [3.8, 4) is 5.75 Å². The van der Waals surface area contributed by atoms with Crippen molar-refractivity contribution in [2.75, 3.05) is 74.7 Å². The van der Waals surface area contributed by atoms with Crippen molar-refractivity contribution in [3.05, 3.63) is 69.6 Å². The van der Waals surface area contributed by atoms with E-state index in [-0.39, 0.29) is 18.1 Å². The number of fused-ring (bicyclic) bond motifs is 1.